The fraction of sp³-hybridized carbons (Fsp3) is 0.636. The summed E-state index contributed by atoms with van der Waals surface area (Å²) in [5.41, 5.74) is 7.29. The van der Waals surface area contributed by atoms with Gasteiger partial charge in [-0.2, -0.15) is 0 Å². The zero-order valence-electron chi connectivity index (χ0n) is 8.64. The standard InChI is InChI=1S/C11H16ClNO/c1-11(2)4-3-9-7(8(11)6-13)5-10(12)14-9/h5,8H,3-4,6,13H2,1-2H3. The topological polar surface area (TPSA) is 39.2 Å². The molecule has 0 fully saturated rings. The molecule has 0 aliphatic heterocycles. The van der Waals surface area contributed by atoms with Crippen molar-refractivity contribution in [2.45, 2.75) is 32.6 Å². The molecule has 0 saturated carbocycles. The quantitative estimate of drug-likeness (QED) is 0.779. The van der Waals surface area contributed by atoms with Crippen LogP contribution in [0.3, 0.4) is 0 Å². The Balaban J connectivity index is 2.44. The Hall–Kier alpha value is -0.470. The van der Waals surface area contributed by atoms with Gasteiger partial charge in [0.15, 0.2) is 5.22 Å². The molecule has 1 aromatic heterocycles. The van der Waals surface area contributed by atoms with Gasteiger partial charge in [0.05, 0.1) is 0 Å². The first-order valence-corrected chi connectivity index (χ1v) is 5.40. The van der Waals surface area contributed by atoms with Gasteiger partial charge >= 0.3 is 0 Å². The van der Waals surface area contributed by atoms with Crippen LogP contribution in [0.4, 0.5) is 0 Å². The predicted molar refractivity (Wildman–Crippen MR) is 57.6 cm³/mol. The average Bonchev–Trinajstić information content (AvgIpc) is 2.44. The van der Waals surface area contributed by atoms with Gasteiger partial charge in [-0.05, 0) is 36.0 Å². The molecule has 2 nitrogen and oxygen atoms in total. The number of halogens is 1. The van der Waals surface area contributed by atoms with Crippen LogP contribution in [0.1, 0.15) is 37.5 Å². The molecule has 1 heterocycles. The first kappa shape index (κ1) is 10.1. The number of aryl methyl sites for hydroxylation is 1. The number of rotatable bonds is 1. The van der Waals surface area contributed by atoms with Crippen LogP contribution >= 0.6 is 11.6 Å². The largest absolute Gasteiger partial charge is 0.449 e. The molecule has 0 spiro atoms. The highest BCUT2D eigenvalue weighted by Gasteiger charge is 2.36. The summed E-state index contributed by atoms with van der Waals surface area (Å²) >= 11 is 5.86. The molecule has 1 aliphatic rings. The third-order valence-corrected chi connectivity index (χ3v) is 3.55. The van der Waals surface area contributed by atoms with Crippen molar-refractivity contribution in [3.63, 3.8) is 0 Å². The number of fused-ring (bicyclic) bond motifs is 1. The Morgan fingerprint density at radius 3 is 3.00 bits per heavy atom. The average molecular weight is 214 g/mol. The molecule has 0 amide bonds. The van der Waals surface area contributed by atoms with E-state index in [1.165, 1.54) is 5.56 Å². The summed E-state index contributed by atoms with van der Waals surface area (Å²) in [5.74, 6) is 1.41. The molecule has 78 valence electrons. The Kier molecular flexibility index (Phi) is 2.36. The van der Waals surface area contributed by atoms with Gasteiger partial charge in [-0.15, -0.1) is 0 Å². The molecule has 0 saturated heterocycles. The fourth-order valence-corrected chi connectivity index (χ4v) is 2.59. The predicted octanol–water partition coefficient (Wildman–Crippen LogP) is 2.95. The van der Waals surface area contributed by atoms with Crippen molar-refractivity contribution in [3.05, 3.63) is 22.6 Å². The van der Waals surface area contributed by atoms with E-state index in [0.29, 0.717) is 17.7 Å². The second-order valence-electron chi connectivity index (χ2n) is 4.71. The first-order chi connectivity index (χ1) is 6.54. The van der Waals surface area contributed by atoms with Crippen LogP contribution < -0.4 is 5.73 Å². The van der Waals surface area contributed by atoms with Gasteiger partial charge in [-0.1, -0.05) is 13.8 Å². The highest BCUT2D eigenvalue weighted by molar-refractivity contribution is 6.28. The summed E-state index contributed by atoms with van der Waals surface area (Å²) < 4.78 is 5.44. The maximum atomic E-state index is 5.86. The Morgan fingerprint density at radius 2 is 2.36 bits per heavy atom. The van der Waals surface area contributed by atoms with Crippen molar-refractivity contribution in [2.75, 3.05) is 6.54 Å². The van der Waals surface area contributed by atoms with Gasteiger partial charge in [0.1, 0.15) is 5.76 Å². The first-order valence-electron chi connectivity index (χ1n) is 5.03. The highest BCUT2D eigenvalue weighted by Crippen LogP contribution is 2.46. The molecule has 1 atom stereocenters. The molecule has 0 aromatic carbocycles. The zero-order valence-corrected chi connectivity index (χ0v) is 9.40. The molecule has 0 bridgehead atoms. The smallest absolute Gasteiger partial charge is 0.193 e. The minimum absolute atomic E-state index is 0.259. The second kappa shape index (κ2) is 3.28. The van der Waals surface area contributed by atoms with E-state index in [2.05, 4.69) is 13.8 Å². The van der Waals surface area contributed by atoms with E-state index in [0.717, 1.165) is 18.6 Å². The van der Waals surface area contributed by atoms with Crippen molar-refractivity contribution in [1.29, 1.82) is 0 Å². The number of hydrogen-bond acceptors (Lipinski definition) is 2. The third-order valence-electron chi connectivity index (χ3n) is 3.36. The van der Waals surface area contributed by atoms with E-state index < -0.39 is 0 Å². The van der Waals surface area contributed by atoms with Gasteiger partial charge in [-0.3, -0.25) is 0 Å². The Morgan fingerprint density at radius 1 is 1.64 bits per heavy atom. The van der Waals surface area contributed by atoms with E-state index >= 15 is 0 Å². The van der Waals surface area contributed by atoms with Crippen LogP contribution in [-0.4, -0.2) is 6.54 Å². The highest BCUT2D eigenvalue weighted by atomic mass is 35.5. The number of nitrogens with two attached hydrogens (primary N) is 1. The maximum Gasteiger partial charge on any atom is 0.193 e. The van der Waals surface area contributed by atoms with E-state index in [9.17, 15) is 0 Å². The molecular weight excluding hydrogens is 198 g/mol. The van der Waals surface area contributed by atoms with Gasteiger partial charge in [0, 0.05) is 17.9 Å². The normalized spacial score (nSPS) is 24.7. The van der Waals surface area contributed by atoms with E-state index in [4.69, 9.17) is 21.8 Å². The summed E-state index contributed by atoms with van der Waals surface area (Å²) in [4.78, 5) is 0. The lowest BCUT2D eigenvalue weighted by Crippen LogP contribution is -2.32. The number of furan rings is 1. The molecule has 1 aliphatic carbocycles. The maximum absolute atomic E-state index is 5.86. The zero-order chi connectivity index (χ0) is 10.3. The van der Waals surface area contributed by atoms with Crippen LogP contribution in [0.2, 0.25) is 5.22 Å². The summed E-state index contributed by atoms with van der Waals surface area (Å²) in [6, 6.07) is 1.93. The molecular formula is C11H16ClNO. The summed E-state index contributed by atoms with van der Waals surface area (Å²) in [6.07, 6.45) is 2.09. The molecule has 3 heteroatoms. The molecule has 14 heavy (non-hydrogen) atoms. The minimum Gasteiger partial charge on any atom is -0.449 e. The van der Waals surface area contributed by atoms with Crippen LogP contribution in [0.15, 0.2) is 10.5 Å². The second-order valence-corrected chi connectivity index (χ2v) is 5.08. The van der Waals surface area contributed by atoms with Crippen molar-refractivity contribution in [1.82, 2.24) is 0 Å². The van der Waals surface area contributed by atoms with Gasteiger partial charge in [0.25, 0.3) is 0 Å². The fourth-order valence-electron chi connectivity index (χ4n) is 2.38. The molecule has 1 unspecified atom stereocenters. The lowest BCUT2D eigenvalue weighted by molar-refractivity contribution is 0.236. The SMILES string of the molecule is CC1(C)CCc2oc(Cl)cc2C1CN. The summed E-state index contributed by atoms with van der Waals surface area (Å²) in [7, 11) is 0. The lowest BCUT2D eigenvalue weighted by Gasteiger charge is -2.37. The lowest BCUT2D eigenvalue weighted by atomic mass is 9.68. The van der Waals surface area contributed by atoms with Crippen LogP contribution in [0.5, 0.6) is 0 Å². The van der Waals surface area contributed by atoms with Crippen molar-refractivity contribution in [2.24, 2.45) is 11.1 Å². The minimum atomic E-state index is 0.259. The Labute approximate surface area is 89.4 Å². The molecule has 0 radical (unpaired) electrons. The van der Waals surface area contributed by atoms with E-state index in [-0.39, 0.29) is 5.41 Å². The van der Waals surface area contributed by atoms with Crippen LogP contribution in [0, 0.1) is 5.41 Å². The monoisotopic (exact) mass is 213 g/mol. The van der Waals surface area contributed by atoms with Gasteiger partial charge in [0.2, 0.25) is 0 Å². The summed E-state index contributed by atoms with van der Waals surface area (Å²) in [5, 5.41) is 0.492. The molecule has 1 aromatic rings. The van der Waals surface area contributed by atoms with Crippen molar-refractivity contribution < 1.29 is 4.42 Å². The van der Waals surface area contributed by atoms with E-state index in [1.807, 2.05) is 6.07 Å². The van der Waals surface area contributed by atoms with Crippen LogP contribution in [-0.2, 0) is 6.42 Å². The van der Waals surface area contributed by atoms with Crippen LogP contribution in [0.25, 0.3) is 0 Å². The van der Waals surface area contributed by atoms with Crippen molar-refractivity contribution in [3.8, 4) is 0 Å². The summed E-state index contributed by atoms with van der Waals surface area (Å²) in [6.45, 7) is 5.18. The third kappa shape index (κ3) is 1.47. The number of hydrogen-bond donors (Lipinski definition) is 1. The molecule has 2 N–H and O–H groups in total. The van der Waals surface area contributed by atoms with Gasteiger partial charge in [-0.25, -0.2) is 0 Å². The van der Waals surface area contributed by atoms with E-state index in [1.54, 1.807) is 0 Å². The Bertz CT molecular complexity index is 343. The van der Waals surface area contributed by atoms with Crippen molar-refractivity contribution >= 4 is 11.6 Å². The molecule has 2 rings (SSSR count). The van der Waals surface area contributed by atoms with Gasteiger partial charge < -0.3 is 10.2 Å².